The van der Waals surface area contributed by atoms with Crippen LogP contribution in [0.15, 0.2) is 48.5 Å². The maximum atomic E-state index is 12.8. The number of benzene rings is 2. The van der Waals surface area contributed by atoms with Crippen LogP contribution in [-0.4, -0.2) is 33.0 Å². The first-order chi connectivity index (χ1) is 14.0. The van der Waals surface area contributed by atoms with Crippen LogP contribution in [0.1, 0.15) is 29.8 Å². The summed E-state index contributed by atoms with van der Waals surface area (Å²) in [5, 5.41) is 2.78. The molecule has 0 saturated heterocycles. The largest absolute Gasteiger partial charge is 0.462 e. The maximum absolute atomic E-state index is 12.8. The van der Waals surface area contributed by atoms with Gasteiger partial charge in [-0.15, -0.1) is 0 Å². The summed E-state index contributed by atoms with van der Waals surface area (Å²) in [6, 6.07) is 15.2. The number of carbonyl (C=O) groups excluding carboxylic acids is 2. The second-order valence-electron chi connectivity index (χ2n) is 6.68. The number of fused-ring (bicyclic) bond motifs is 2. The van der Waals surface area contributed by atoms with E-state index in [9.17, 15) is 9.59 Å². The van der Waals surface area contributed by atoms with Gasteiger partial charge >= 0.3 is 5.97 Å². The molecule has 0 fully saturated rings. The second kappa shape index (κ2) is 7.35. The van der Waals surface area contributed by atoms with Crippen molar-refractivity contribution in [3.63, 3.8) is 0 Å². The number of ether oxygens (including phenoxy) is 1. The average Bonchev–Trinajstić information content (AvgIpc) is 2.99. The second-order valence-corrected chi connectivity index (χ2v) is 6.68. The van der Waals surface area contributed by atoms with Crippen molar-refractivity contribution in [3.05, 3.63) is 59.7 Å². The molecule has 0 saturated carbocycles. The molecular weight excluding hydrogens is 368 g/mol. The number of nitrogens with zero attached hydrogens (tertiary/aromatic N) is 3. The minimum Gasteiger partial charge on any atom is -0.462 e. The molecule has 4 rings (SSSR count). The summed E-state index contributed by atoms with van der Waals surface area (Å²) in [6.45, 7) is 5.32. The highest BCUT2D eigenvalue weighted by Gasteiger charge is 2.28. The lowest BCUT2D eigenvalue weighted by atomic mass is 10.2. The number of carbonyl (C=O) groups is 2. The zero-order valence-electron chi connectivity index (χ0n) is 16.4. The Hall–Kier alpha value is -3.74. The van der Waals surface area contributed by atoms with Gasteiger partial charge in [-0.3, -0.25) is 9.36 Å². The van der Waals surface area contributed by atoms with E-state index in [2.05, 4.69) is 10.3 Å². The number of aryl methyl sites for hydroxylation is 1. The first-order valence-electron chi connectivity index (χ1n) is 9.32. The van der Waals surface area contributed by atoms with E-state index in [-0.39, 0.29) is 18.1 Å². The third kappa shape index (κ3) is 3.31. The highest BCUT2D eigenvalue weighted by atomic mass is 16.5. The fourth-order valence-electron chi connectivity index (χ4n) is 3.27. The van der Waals surface area contributed by atoms with Gasteiger partial charge in [-0.05, 0) is 38.1 Å². The Labute approximate surface area is 167 Å². The van der Waals surface area contributed by atoms with E-state index in [1.807, 2.05) is 55.5 Å². The summed E-state index contributed by atoms with van der Waals surface area (Å²) in [6.07, 6.45) is 0. The predicted octanol–water partition coefficient (Wildman–Crippen LogP) is 4.02. The summed E-state index contributed by atoms with van der Waals surface area (Å²) in [4.78, 5) is 34.2. The summed E-state index contributed by atoms with van der Waals surface area (Å²) < 4.78 is 7.01. The number of esters is 1. The van der Waals surface area contributed by atoms with Crippen molar-refractivity contribution in [2.24, 2.45) is 0 Å². The quantitative estimate of drug-likeness (QED) is 0.534. The smallest absolute Gasteiger partial charge is 0.344 e. The van der Waals surface area contributed by atoms with E-state index in [0.717, 1.165) is 11.3 Å². The number of rotatable bonds is 4. The van der Waals surface area contributed by atoms with Gasteiger partial charge in [-0.25, -0.2) is 14.8 Å². The molecule has 0 bridgehead atoms. The van der Waals surface area contributed by atoms with Gasteiger partial charge in [0.1, 0.15) is 16.9 Å². The van der Waals surface area contributed by atoms with Crippen LogP contribution in [0.3, 0.4) is 0 Å². The number of aromatic nitrogens is 3. The van der Waals surface area contributed by atoms with E-state index < -0.39 is 5.97 Å². The molecule has 7 heteroatoms. The van der Waals surface area contributed by atoms with Gasteiger partial charge in [0.05, 0.1) is 17.6 Å². The minimum absolute atomic E-state index is 0.191. The molecule has 146 valence electrons. The molecule has 0 aliphatic rings. The Morgan fingerprint density at radius 1 is 1.03 bits per heavy atom. The number of hydrogen-bond acceptors (Lipinski definition) is 5. The lowest BCUT2D eigenvalue weighted by Gasteiger charge is -2.12. The fraction of sp³-hybridized carbons (Fsp3) is 0.182. The number of amides is 1. The Balaban J connectivity index is 2.14. The third-order valence-corrected chi connectivity index (χ3v) is 4.53. The van der Waals surface area contributed by atoms with Crippen molar-refractivity contribution in [1.29, 1.82) is 0 Å². The monoisotopic (exact) mass is 388 g/mol. The Bertz CT molecular complexity index is 1240. The van der Waals surface area contributed by atoms with Crippen molar-refractivity contribution in [2.45, 2.75) is 20.8 Å². The Kier molecular flexibility index (Phi) is 4.72. The van der Waals surface area contributed by atoms with Gasteiger partial charge in [-0.2, -0.15) is 0 Å². The van der Waals surface area contributed by atoms with Crippen LogP contribution in [0, 0.1) is 6.92 Å². The van der Waals surface area contributed by atoms with Crippen LogP contribution in [-0.2, 0) is 9.53 Å². The molecule has 7 nitrogen and oxygen atoms in total. The van der Waals surface area contributed by atoms with E-state index in [1.165, 1.54) is 6.92 Å². The molecule has 2 aromatic carbocycles. The third-order valence-electron chi connectivity index (χ3n) is 4.53. The first-order valence-corrected chi connectivity index (χ1v) is 9.32. The molecule has 1 amide bonds. The molecule has 0 spiro atoms. The number of anilines is 1. The summed E-state index contributed by atoms with van der Waals surface area (Å²) >= 11 is 0. The van der Waals surface area contributed by atoms with Gasteiger partial charge in [0.15, 0.2) is 5.65 Å². The Morgan fingerprint density at radius 2 is 1.69 bits per heavy atom. The van der Waals surface area contributed by atoms with E-state index in [0.29, 0.717) is 28.0 Å². The van der Waals surface area contributed by atoms with Gasteiger partial charge in [-0.1, -0.05) is 29.8 Å². The van der Waals surface area contributed by atoms with Crippen LogP contribution in [0.25, 0.3) is 27.9 Å². The molecule has 29 heavy (non-hydrogen) atoms. The molecule has 1 N–H and O–H groups in total. The van der Waals surface area contributed by atoms with Crippen LogP contribution < -0.4 is 5.32 Å². The molecular formula is C22H20N4O3. The molecule has 0 atom stereocenters. The number of nitrogens with one attached hydrogen (secondary N) is 1. The van der Waals surface area contributed by atoms with Crippen molar-refractivity contribution in [1.82, 2.24) is 14.5 Å². The number of para-hydroxylation sites is 2. The average molecular weight is 388 g/mol. The standard InChI is InChI=1S/C22H20N4O3/c1-4-29-22(28)18-19-21(25-17-8-6-5-7-16(17)24-19)26(20(18)23-14(3)27)15-11-9-13(2)10-12-15/h5-12H,4H2,1-3H3,(H,23,27). The van der Waals surface area contributed by atoms with Crippen molar-refractivity contribution in [3.8, 4) is 5.69 Å². The highest BCUT2D eigenvalue weighted by Crippen LogP contribution is 2.33. The normalized spacial score (nSPS) is 11.0. The summed E-state index contributed by atoms with van der Waals surface area (Å²) in [5.41, 5.74) is 4.23. The van der Waals surface area contributed by atoms with Gasteiger partial charge in [0.2, 0.25) is 5.91 Å². The van der Waals surface area contributed by atoms with Crippen molar-refractivity contribution in [2.75, 3.05) is 11.9 Å². The zero-order valence-corrected chi connectivity index (χ0v) is 16.4. The minimum atomic E-state index is -0.559. The highest BCUT2D eigenvalue weighted by molar-refractivity contribution is 6.11. The topological polar surface area (TPSA) is 86.1 Å². The molecule has 2 heterocycles. The van der Waals surface area contributed by atoms with Gasteiger partial charge in [0, 0.05) is 12.6 Å². The van der Waals surface area contributed by atoms with E-state index >= 15 is 0 Å². The molecule has 4 aromatic rings. The van der Waals surface area contributed by atoms with Crippen molar-refractivity contribution >= 4 is 39.9 Å². The van der Waals surface area contributed by atoms with Gasteiger partial charge in [0.25, 0.3) is 0 Å². The molecule has 0 aliphatic carbocycles. The summed E-state index contributed by atoms with van der Waals surface area (Å²) in [5.74, 6) is -0.571. The molecule has 0 radical (unpaired) electrons. The lowest BCUT2D eigenvalue weighted by Crippen LogP contribution is -2.15. The number of hydrogen-bond donors (Lipinski definition) is 1. The molecule has 0 aliphatic heterocycles. The van der Waals surface area contributed by atoms with Crippen LogP contribution in [0.2, 0.25) is 0 Å². The van der Waals surface area contributed by atoms with Crippen LogP contribution in [0.5, 0.6) is 0 Å². The van der Waals surface area contributed by atoms with Crippen LogP contribution >= 0.6 is 0 Å². The Morgan fingerprint density at radius 3 is 2.31 bits per heavy atom. The van der Waals surface area contributed by atoms with Gasteiger partial charge < -0.3 is 10.1 Å². The first kappa shape index (κ1) is 18.6. The zero-order chi connectivity index (χ0) is 20.5. The lowest BCUT2D eigenvalue weighted by molar-refractivity contribution is -0.114. The molecule has 0 unspecified atom stereocenters. The van der Waals surface area contributed by atoms with Crippen LogP contribution in [0.4, 0.5) is 5.82 Å². The fourth-order valence-corrected chi connectivity index (χ4v) is 3.27. The van der Waals surface area contributed by atoms with E-state index in [1.54, 1.807) is 11.5 Å². The SMILES string of the molecule is CCOC(=O)c1c(NC(C)=O)n(-c2ccc(C)cc2)c2nc3ccccc3nc12. The maximum Gasteiger partial charge on any atom is 0.344 e. The van der Waals surface area contributed by atoms with Crippen molar-refractivity contribution < 1.29 is 14.3 Å². The van der Waals surface area contributed by atoms with E-state index in [4.69, 9.17) is 9.72 Å². The predicted molar refractivity (Wildman–Crippen MR) is 111 cm³/mol. The molecule has 2 aromatic heterocycles. The summed E-state index contributed by atoms with van der Waals surface area (Å²) in [7, 11) is 0.